The van der Waals surface area contributed by atoms with Crippen molar-refractivity contribution in [1.29, 1.82) is 0 Å². The Morgan fingerprint density at radius 2 is 2.14 bits per heavy atom. The van der Waals surface area contributed by atoms with Crippen LogP contribution >= 0.6 is 46.3 Å². The quantitative estimate of drug-likeness (QED) is 0.627. The second kappa shape index (κ2) is 3.77. The van der Waals surface area contributed by atoms with Gasteiger partial charge in [-0.25, -0.2) is 4.98 Å². The van der Waals surface area contributed by atoms with E-state index in [1.54, 1.807) is 17.8 Å². The average Bonchev–Trinajstić information content (AvgIpc) is 2.58. The maximum Gasteiger partial charge on any atom is 0.150 e. The summed E-state index contributed by atoms with van der Waals surface area (Å²) in [6.07, 6.45) is 1.96. The van der Waals surface area contributed by atoms with Crippen LogP contribution in [0.25, 0.3) is 10.2 Å². The Hall–Kier alpha value is -0.160. The highest BCUT2D eigenvalue weighted by Gasteiger charge is 2.12. The summed E-state index contributed by atoms with van der Waals surface area (Å²) >= 11 is 15.0. The first-order valence-corrected chi connectivity index (χ1v) is 6.51. The molecule has 0 aliphatic carbocycles. The van der Waals surface area contributed by atoms with Crippen LogP contribution in [-0.2, 0) is 0 Å². The third kappa shape index (κ3) is 1.56. The van der Waals surface area contributed by atoms with Gasteiger partial charge in [-0.1, -0.05) is 35.0 Å². The van der Waals surface area contributed by atoms with Crippen LogP contribution in [0.1, 0.15) is 0 Å². The topological polar surface area (TPSA) is 38.9 Å². The van der Waals surface area contributed by atoms with Crippen molar-refractivity contribution in [2.45, 2.75) is 4.34 Å². The first kappa shape index (κ1) is 10.4. The molecule has 0 saturated heterocycles. The molecule has 0 saturated carbocycles. The molecule has 14 heavy (non-hydrogen) atoms. The van der Waals surface area contributed by atoms with E-state index < -0.39 is 0 Å². The van der Waals surface area contributed by atoms with Gasteiger partial charge < -0.3 is 5.73 Å². The minimum absolute atomic E-state index is 0.485. The molecule has 0 atom stereocenters. The lowest BCUT2D eigenvalue weighted by Crippen LogP contribution is -1.86. The van der Waals surface area contributed by atoms with Crippen molar-refractivity contribution in [3.05, 3.63) is 16.1 Å². The third-order valence-electron chi connectivity index (χ3n) is 1.76. The van der Waals surface area contributed by atoms with E-state index in [1.165, 1.54) is 11.3 Å². The van der Waals surface area contributed by atoms with E-state index in [-0.39, 0.29) is 0 Å². The third-order valence-corrected chi connectivity index (χ3v) is 4.44. The summed E-state index contributed by atoms with van der Waals surface area (Å²) in [7, 11) is 0. The number of hydrogen-bond acceptors (Lipinski definition) is 4. The van der Waals surface area contributed by atoms with Gasteiger partial charge in [0.2, 0.25) is 0 Å². The van der Waals surface area contributed by atoms with E-state index in [9.17, 15) is 0 Å². The number of halogens is 2. The number of hydrogen-bond donors (Lipinski definition) is 1. The standard InChI is InChI=1S/C8H6Cl2N2S2/c1-13-8-12-6-4(10)2-3(9)5(11)7(6)14-8/h2H,11H2,1H3. The summed E-state index contributed by atoms with van der Waals surface area (Å²) in [5.74, 6) is 0. The average molecular weight is 265 g/mol. The molecule has 0 spiro atoms. The second-order valence-electron chi connectivity index (χ2n) is 2.62. The lowest BCUT2D eigenvalue weighted by Gasteiger charge is -1.99. The number of rotatable bonds is 1. The largest absolute Gasteiger partial charge is 0.396 e. The monoisotopic (exact) mass is 264 g/mol. The van der Waals surface area contributed by atoms with Crippen molar-refractivity contribution in [1.82, 2.24) is 4.98 Å². The Labute approximate surface area is 99.4 Å². The fraction of sp³-hybridized carbons (Fsp3) is 0.125. The number of nitrogen functional groups attached to an aromatic ring is 1. The first-order chi connectivity index (χ1) is 6.63. The van der Waals surface area contributed by atoms with Crippen LogP contribution in [-0.4, -0.2) is 11.2 Å². The fourth-order valence-electron chi connectivity index (χ4n) is 1.10. The molecule has 1 heterocycles. The van der Waals surface area contributed by atoms with Crippen molar-refractivity contribution >= 4 is 62.2 Å². The molecule has 74 valence electrons. The van der Waals surface area contributed by atoms with Gasteiger partial charge in [-0.3, -0.25) is 0 Å². The molecule has 0 bridgehead atoms. The number of benzene rings is 1. The Bertz CT molecular complexity index is 496. The molecule has 1 aromatic carbocycles. The van der Waals surface area contributed by atoms with Gasteiger partial charge in [-0.05, 0) is 12.3 Å². The predicted octanol–water partition coefficient (Wildman–Crippen LogP) is 3.91. The smallest absolute Gasteiger partial charge is 0.150 e. The van der Waals surface area contributed by atoms with Crippen molar-refractivity contribution in [3.8, 4) is 0 Å². The molecule has 0 amide bonds. The fourth-order valence-corrected chi connectivity index (χ4v) is 3.27. The zero-order valence-corrected chi connectivity index (χ0v) is 10.3. The number of fused-ring (bicyclic) bond motifs is 1. The van der Waals surface area contributed by atoms with Crippen LogP contribution in [0.4, 0.5) is 5.69 Å². The number of nitrogens with two attached hydrogens (primary N) is 1. The number of nitrogens with zero attached hydrogens (tertiary/aromatic N) is 1. The minimum Gasteiger partial charge on any atom is -0.396 e. The highest BCUT2D eigenvalue weighted by atomic mass is 35.5. The molecule has 0 radical (unpaired) electrons. The van der Waals surface area contributed by atoms with E-state index in [2.05, 4.69) is 4.98 Å². The Balaban J connectivity index is 2.84. The summed E-state index contributed by atoms with van der Waals surface area (Å²) in [6.45, 7) is 0. The highest BCUT2D eigenvalue weighted by molar-refractivity contribution is 8.00. The van der Waals surface area contributed by atoms with Crippen molar-refractivity contribution in [2.75, 3.05) is 12.0 Å². The molecule has 0 aliphatic rings. The van der Waals surface area contributed by atoms with Gasteiger partial charge in [0.15, 0.2) is 4.34 Å². The van der Waals surface area contributed by atoms with Gasteiger partial charge in [0.25, 0.3) is 0 Å². The van der Waals surface area contributed by atoms with Gasteiger partial charge in [-0.2, -0.15) is 0 Å². The van der Waals surface area contributed by atoms with Gasteiger partial charge >= 0.3 is 0 Å². The molecule has 2 rings (SSSR count). The van der Waals surface area contributed by atoms with E-state index in [1.807, 2.05) is 6.26 Å². The number of thiazole rings is 1. The predicted molar refractivity (Wildman–Crippen MR) is 65.8 cm³/mol. The number of aromatic nitrogens is 1. The second-order valence-corrected chi connectivity index (χ2v) is 5.48. The van der Waals surface area contributed by atoms with Crippen LogP contribution < -0.4 is 5.73 Å². The zero-order chi connectivity index (χ0) is 10.3. The Morgan fingerprint density at radius 1 is 1.43 bits per heavy atom. The van der Waals surface area contributed by atoms with Gasteiger partial charge in [0.05, 0.1) is 20.4 Å². The van der Waals surface area contributed by atoms with Crippen molar-refractivity contribution < 1.29 is 0 Å². The first-order valence-electron chi connectivity index (χ1n) is 3.71. The highest BCUT2D eigenvalue weighted by Crippen LogP contribution is 2.39. The summed E-state index contributed by atoms with van der Waals surface area (Å²) in [5, 5.41) is 1.04. The molecule has 6 heteroatoms. The lowest BCUT2D eigenvalue weighted by atomic mass is 10.3. The molecule has 2 aromatic rings. The van der Waals surface area contributed by atoms with Crippen LogP contribution in [0.3, 0.4) is 0 Å². The normalized spacial score (nSPS) is 11.1. The van der Waals surface area contributed by atoms with Crippen molar-refractivity contribution in [2.24, 2.45) is 0 Å². The molecule has 0 fully saturated rings. The van der Waals surface area contributed by atoms with Crippen molar-refractivity contribution in [3.63, 3.8) is 0 Å². The van der Waals surface area contributed by atoms with Gasteiger partial charge in [-0.15, -0.1) is 11.3 Å². The zero-order valence-electron chi connectivity index (χ0n) is 7.17. The van der Waals surface area contributed by atoms with E-state index >= 15 is 0 Å². The molecular weight excluding hydrogens is 259 g/mol. The summed E-state index contributed by atoms with van der Waals surface area (Å²) in [6, 6.07) is 1.63. The molecule has 0 unspecified atom stereocenters. The van der Waals surface area contributed by atoms with Crippen LogP contribution in [0.15, 0.2) is 10.4 Å². The molecular formula is C8H6Cl2N2S2. The summed E-state index contributed by atoms with van der Waals surface area (Å²) < 4.78 is 1.81. The van der Waals surface area contributed by atoms with Gasteiger partial charge in [0.1, 0.15) is 5.52 Å². The van der Waals surface area contributed by atoms with Gasteiger partial charge in [0, 0.05) is 0 Å². The SMILES string of the molecule is CSc1nc2c(Cl)cc(Cl)c(N)c2s1. The van der Waals surface area contributed by atoms with E-state index in [0.717, 1.165) is 14.6 Å². The summed E-state index contributed by atoms with van der Waals surface area (Å²) in [5.41, 5.74) is 7.12. The maximum absolute atomic E-state index is 6.00. The van der Waals surface area contributed by atoms with Crippen LogP contribution in [0.5, 0.6) is 0 Å². The van der Waals surface area contributed by atoms with Crippen LogP contribution in [0, 0.1) is 0 Å². The minimum atomic E-state index is 0.485. The maximum atomic E-state index is 6.00. The molecule has 2 N–H and O–H groups in total. The van der Waals surface area contributed by atoms with E-state index in [4.69, 9.17) is 28.9 Å². The lowest BCUT2D eigenvalue weighted by molar-refractivity contribution is 1.31. The Morgan fingerprint density at radius 3 is 2.79 bits per heavy atom. The van der Waals surface area contributed by atoms with E-state index in [0.29, 0.717) is 15.7 Å². The molecule has 0 aliphatic heterocycles. The number of thioether (sulfide) groups is 1. The Kier molecular flexibility index (Phi) is 2.79. The summed E-state index contributed by atoms with van der Waals surface area (Å²) in [4.78, 5) is 4.34. The molecule has 1 aromatic heterocycles. The number of anilines is 1. The van der Waals surface area contributed by atoms with Crippen LogP contribution in [0.2, 0.25) is 10.0 Å². The molecule has 2 nitrogen and oxygen atoms in total.